The summed E-state index contributed by atoms with van der Waals surface area (Å²) in [6.07, 6.45) is 0.635. The number of nitrogens with one attached hydrogen (secondary N) is 1. The Morgan fingerprint density at radius 3 is 2.80 bits per heavy atom. The molecule has 0 fully saturated rings. The van der Waals surface area contributed by atoms with Crippen LogP contribution >= 0.6 is 11.3 Å². The van der Waals surface area contributed by atoms with E-state index in [-0.39, 0.29) is 18.4 Å². The van der Waals surface area contributed by atoms with Gasteiger partial charge in [0.2, 0.25) is 17.7 Å². The quantitative estimate of drug-likeness (QED) is 0.463. The molecule has 1 unspecified atom stereocenters. The number of nitrogens with zero attached hydrogens (tertiary/aromatic N) is 2. The zero-order valence-electron chi connectivity index (χ0n) is 17.2. The minimum absolute atomic E-state index is 0.0998. The average Bonchev–Trinajstić information content (AvgIpc) is 3.44. The number of aryl methyl sites for hydroxylation is 1. The van der Waals surface area contributed by atoms with Gasteiger partial charge >= 0.3 is 0 Å². The molecule has 0 radical (unpaired) electrons. The Labute approximate surface area is 179 Å². The van der Waals surface area contributed by atoms with Crippen molar-refractivity contribution in [2.45, 2.75) is 25.8 Å². The van der Waals surface area contributed by atoms with Crippen molar-refractivity contribution in [2.24, 2.45) is 0 Å². The van der Waals surface area contributed by atoms with E-state index in [0.29, 0.717) is 42.9 Å². The third kappa shape index (κ3) is 5.80. The Bertz CT molecular complexity index is 942. The molecule has 8 nitrogen and oxygen atoms in total. The van der Waals surface area contributed by atoms with Crippen LogP contribution in [0.2, 0.25) is 0 Å². The highest BCUT2D eigenvalue weighted by molar-refractivity contribution is 7.08. The van der Waals surface area contributed by atoms with Crippen molar-refractivity contribution in [3.8, 4) is 23.0 Å². The zero-order chi connectivity index (χ0) is 21.3. The van der Waals surface area contributed by atoms with E-state index in [4.69, 9.17) is 18.6 Å². The van der Waals surface area contributed by atoms with Gasteiger partial charge in [-0.1, -0.05) is 6.07 Å². The molecule has 1 atom stereocenters. The molecular formula is C21H25N3O5S. The molecule has 0 saturated carbocycles. The smallest absolute Gasteiger partial charge is 0.248 e. The van der Waals surface area contributed by atoms with Crippen LogP contribution in [0.1, 0.15) is 30.8 Å². The van der Waals surface area contributed by atoms with E-state index in [0.717, 1.165) is 11.1 Å². The van der Waals surface area contributed by atoms with Gasteiger partial charge in [-0.3, -0.25) is 4.79 Å². The first-order valence-corrected chi connectivity index (χ1v) is 10.5. The number of thiophene rings is 1. The summed E-state index contributed by atoms with van der Waals surface area (Å²) < 4.78 is 21.7. The SMILES string of the molecule is COCCOc1ccc(C(C)NC(=O)CCc2nnc(-c3ccsc3)o2)cc1OC. The molecule has 160 valence electrons. The lowest BCUT2D eigenvalue weighted by Gasteiger charge is -2.17. The number of hydrogen-bond acceptors (Lipinski definition) is 8. The molecule has 3 aromatic rings. The van der Waals surface area contributed by atoms with Crippen molar-refractivity contribution in [1.82, 2.24) is 15.5 Å². The molecule has 2 aromatic heterocycles. The Morgan fingerprint density at radius 1 is 1.20 bits per heavy atom. The second-order valence-corrected chi connectivity index (χ2v) is 7.33. The molecular weight excluding hydrogens is 406 g/mol. The molecule has 0 aliphatic carbocycles. The van der Waals surface area contributed by atoms with Gasteiger partial charge in [-0.15, -0.1) is 10.2 Å². The predicted octanol–water partition coefficient (Wildman–Crippen LogP) is 3.64. The molecule has 0 bridgehead atoms. The zero-order valence-corrected chi connectivity index (χ0v) is 18.0. The number of carbonyl (C=O) groups excluding carboxylic acids is 1. The molecule has 2 heterocycles. The summed E-state index contributed by atoms with van der Waals surface area (Å²) in [7, 11) is 3.20. The van der Waals surface area contributed by atoms with Crippen molar-refractivity contribution in [3.63, 3.8) is 0 Å². The first kappa shape index (κ1) is 21.8. The number of methoxy groups -OCH3 is 2. The highest BCUT2D eigenvalue weighted by Crippen LogP contribution is 2.30. The second-order valence-electron chi connectivity index (χ2n) is 6.55. The van der Waals surface area contributed by atoms with Gasteiger partial charge in [0.25, 0.3) is 0 Å². The summed E-state index contributed by atoms with van der Waals surface area (Å²) in [5.74, 6) is 2.06. The molecule has 30 heavy (non-hydrogen) atoms. The van der Waals surface area contributed by atoms with Crippen LogP contribution < -0.4 is 14.8 Å². The summed E-state index contributed by atoms with van der Waals surface area (Å²) in [5.41, 5.74) is 1.80. The summed E-state index contributed by atoms with van der Waals surface area (Å²) in [6, 6.07) is 7.32. The lowest BCUT2D eigenvalue weighted by molar-refractivity contribution is -0.121. The summed E-state index contributed by atoms with van der Waals surface area (Å²) in [4.78, 5) is 12.4. The maximum atomic E-state index is 12.4. The first-order chi connectivity index (χ1) is 14.6. The Kier molecular flexibility index (Phi) is 7.81. The van der Waals surface area contributed by atoms with Gasteiger partial charge in [0.15, 0.2) is 11.5 Å². The number of ether oxygens (including phenoxy) is 3. The van der Waals surface area contributed by atoms with Crippen molar-refractivity contribution in [2.75, 3.05) is 27.4 Å². The normalized spacial score (nSPS) is 11.8. The second kappa shape index (κ2) is 10.7. The Morgan fingerprint density at radius 2 is 2.07 bits per heavy atom. The van der Waals surface area contributed by atoms with E-state index in [1.165, 1.54) is 0 Å². The van der Waals surface area contributed by atoms with Gasteiger partial charge in [0.05, 0.1) is 19.8 Å². The van der Waals surface area contributed by atoms with Crippen molar-refractivity contribution < 1.29 is 23.4 Å². The molecule has 1 amide bonds. The van der Waals surface area contributed by atoms with Crippen LogP contribution in [-0.2, 0) is 16.0 Å². The molecule has 0 aliphatic rings. The van der Waals surface area contributed by atoms with Gasteiger partial charge in [-0.2, -0.15) is 11.3 Å². The van der Waals surface area contributed by atoms with Gasteiger partial charge in [-0.05, 0) is 36.1 Å². The van der Waals surface area contributed by atoms with Crippen LogP contribution in [-0.4, -0.2) is 43.5 Å². The van der Waals surface area contributed by atoms with E-state index < -0.39 is 0 Å². The van der Waals surface area contributed by atoms with Gasteiger partial charge in [0.1, 0.15) is 6.61 Å². The van der Waals surface area contributed by atoms with Gasteiger partial charge in [0, 0.05) is 30.9 Å². The molecule has 0 saturated heterocycles. The highest BCUT2D eigenvalue weighted by atomic mass is 32.1. The fourth-order valence-electron chi connectivity index (χ4n) is 2.78. The van der Waals surface area contributed by atoms with Crippen LogP contribution in [0.4, 0.5) is 0 Å². The van der Waals surface area contributed by atoms with Crippen LogP contribution in [0.25, 0.3) is 11.5 Å². The summed E-state index contributed by atoms with van der Waals surface area (Å²) >= 11 is 1.56. The summed E-state index contributed by atoms with van der Waals surface area (Å²) in [6.45, 7) is 2.84. The lowest BCUT2D eigenvalue weighted by atomic mass is 10.1. The molecule has 0 spiro atoms. The van der Waals surface area contributed by atoms with Crippen LogP contribution in [0, 0.1) is 0 Å². The van der Waals surface area contributed by atoms with E-state index in [1.807, 2.05) is 41.9 Å². The van der Waals surface area contributed by atoms with Crippen molar-refractivity contribution in [1.29, 1.82) is 0 Å². The van der Waals surface area contributed by atoms with Crippen LogP contribution in [0.15, 0.2) is 39.4 Å². The van der Waals surface area contributed by atoms with Crippen molar-refractivity contribution >= 4 is 17.2 Å². The van der Waals surface area contributed by atoms with Gasteiger partial charge in [-0.25, -0.2) is 0 Å². The average molecular weight is 432 g/mol. The molecule has 1 N–H and O–H groups in total. The molecule has 9 heteroatoms. The lowest BCUT2D eigenvalue weighted by Crippen LogP contribution is -2.26. The molecule has 3 rings (SSSR count). The molecule has 1 aromatic carbocycles. The Hall–Kier alpha value is -2.91. The fraction of sp³-hybridized carbons (Fsp3) is 0.381. The summed E-state index contributed by atoms with van der Waals surface area (Å²) in [5, 5.41) is 14.9. The highest BCUT2D eigenvalue weighted by Gasteiger charge is 2.15. The predicted molar refractivity (Wildman–Crippen MR) is 113 cm³/mol. The maximum absolute atomic E-state index is 12.4. The van der Waals surface area contributed by atoms with Gasteiger partial charge < -0.3 is 23.9 Å². The van der Waals surface area contributed by atoms with E-state index in [9.17, 15) is 4.79 Å². The van der Waals surface area contributed by atoms with E-state index in [1.54, 1.807) is 25.6 Å². The minimum Gasteiger partial charge on any atom is -0.493 e. The number of hydrogen-bond donors (Lipinski definition) is 1. The number of benzene rings is 1. The number of aromatic nitrogens is 2. The monoisotopic (exact) mass is 431 g/mol. The van der Waals surface area contributed by atoms with Crippen LogP contribution in [0.3, 0.4) is 0 Å². The van der Waals surface area contributed by atoms with Crippen molar-refractivity contribution in [3.05, 3.63) is 46.5 Å². The number of amides is 1. The Balaban J connectivity index is 1.52. The number of carbonyl (C=O) groups is 1. The largest absolute Gasteiger partial charge is 0.493 e. The topological polar surface area (TPSA) is 95.7 Å². The van der Waals surface area contributed by atoms with Crippen LogP contribution in [0.5, 0.6) is 11.5 Å². The number of rotatable bonds is 11. The third-order valence-corrected chi connectivity index (χ3v) is 5.09. The first-order valence-electron chi connectivity index (χ1n) is 9.54. The van der Waals surface area contributed by atoms with E-state index >= 15 is 0 Å². The fourth-order valence-corrected chi connectivity index (χ4v) is 3.41. The molecule has 0 aliphatic heterocycles. The minimum atomic E-state index is -0.191. The third-order valence-electron chi connectivity index (χ3n) is 4.41. The van der Waals surface area contributed by atoms with E-state index in [2.05, 4.69) is 15.5 Å². The standard InChI is InChI=1S/C21H25N3O5S/c1-14(15-4-5-17(18(12-15)27-3)28-10-9-26-2)22-19(25)6-7-20-23-24-21(29-20)16-8-11-30-13-16/h4-5,8,11-14H,6-7,9-10H2,1-3H3,(H,22,25). The maximum Gasteiger partial charge on any atom is 0.248 e.